The molecule has 9 heteroatoms. The largest absolute Gasteiger partial charge is 0.456 e. The minimum absolute atomic E-state index is 0.0532. The van der Waals surface area contributed by atoms with Gasteiger partial charge in [0.15, 0.2) is 4.32 Å². The van der Waals surface area contributed by atoms with Crippen molar-refractivity contribution in [2.75, 3.05) is 4.90 Å². The maximum atomic E-state index is 12.6. The first-order chi connectivity index (χ1) is 13.0. The van der Waals surface area contributed by atoms with E-state index in [4.69, 9.17) is 21.1 Å². The highest BCUT2D eigenvalue weighted by Gasteiger charge is 2.35. The molecule has 0 N–H and O–H groups in total. The Hall–Kier alpha value is -3.17. The van der Waals surface area contributed by atoms with Crippen LogP contribution in [-0.4, -0.2) is 15.2 Å². The second-order valence-electron chi connectivity index (χ2n) is 5.44. The first-order valence-corrected chi connectivity index (χ1v) is 8.92. The van der Waals surface area contributed by atoms with Crippen molar-refractivity contribution in [2.24, 2.45) is 0 Å². The van der Waals surface area contributed by atoms with Crippen LogP contribution >= 0.6 is 24.0 Å². The number of nitrogens with zero attached hydrogens (tertiary/aromatic N) is 2. The Morgan fingerprint density at radius 2 is 1.96 bits per heavy atom. The second kappa shape index (κ2) is 6.86. The molecule has 3 heterocycles. The van der Waals surface area contributed by atoms with Gasteiger partial charge in [0.05, 0.1) is 21.7 Å². The minimum atomic E-state index is -0.466. The molecule has 0 spiro atoms. The number of hydrogen-bond acceptors (Lipinski definition) is 7. The Morgan fingerprint density at radius 3 is 2.70 bits per heavy atom. The molecular formula is C18H10N2O5S2. The molecule has 0 saturated carbocycles. The maximum Gasteiger partial charge on any atom is 0.280 e. The van der Waals surface area contributed by atoms with Crippen molar-refractivity contribution in [1.82, 2.24) is 0 Å². The molecule has 1 aliphatic heterocycles. The molecule has 134 valence electrons. The quantitative estimate of drug-likeness (QED) is 0.268. The Labute approximate surface area is 162 Å². The Balaban J connectivity index is 1.64. The van der Waals surface area contributed by atoms with Gasteiger partial charge < -0.3 is 8.83 Å². The molecule has 1 fully saturated rings. The van der Waals surface area contributed by atoms with E-state index >= 15 is 0 Å². The fourth-order valence-electron chi connectivity index (χ4n) is 2.60. The van der Waals surface area contributed by atoms with Crippen LogP contribution in [0.4, 0.5) is 11.6 Å². The number of furan rings is 2. The predicted octanol–water partition coefficient (Wildman–Crippen LogP) is 4.85. The molecule has 1 amide bonds. The lowest BCUT2D eigenvalue weighted by molar-refractivity contribution is -0.384. The highest BCUT2D eigenvalue weighted by molar-refractivity contribution is 8.27. The third-order valence-corrected chi connectivity index (χ3v) is 5.09. The number of rotatable bonds is 4. The van der Waals surface area contributed by atoms with Crippen LogP contribution in [0.1, 0.15) is 5.76 Å². The number of anilines is 1. The van der Waals surface area contributed by atoms with E-state index in [1.54, 1.807) is 48.5 Å². The lowest BCUT2D eigenvalue weighted by atomic mass is 10.1. The lowest BCUT2D eigenvalue weighted by Gasteiger charge is -2.09. The number of para-hydroxylation sites is 1. The summed E-state index contributed by atoms with van der Waals surface area (Å²) >= 11 is 6.38. The van der Waals surface area contributed by atoms with E-state index in [9.17, 15) is 14.9 Å². The zero-order valence-electron chi connectivity index (χ0n) is 13.5. The Kier molecular flexibility index (Phi) is 4.38. The molecule has 1 aliphatic rings. The van der Waals surface area contributed by atoms with E-state index in [2.05, 4.69) is 0 Å². The van der Waals surface area contributed by atoms with Crippen molar-refractivity contribution in [1.29, 1.82) is 0 Å². The van der Waals surface area contributed by atoms with Gasteiger partial charge in [-0.2, -0.15) is 0 Å². The second-order valence-corrected chi connectivity index (χ2v) is 7.12. The van der Waals surface area contributed by atoms with Gasteiger partial charge in [-0.1, -0.05) is 36.1 Å². The molecule has 0 aliphatic carbocycles. The molecule has 0 atom stereocenters. The van der Waals surface area contributed by atoms with Gasteiger partial charge in [-0.25, -0.2) is 4.90 Å². The fourth-order valence-corrected chi connectivity index (χ4v) is 3.85. The summed E-state index contributed by atoms with van der Waals surface area (Å²) in [4.78, 5) is 25.0. The van der Waals surface area contributed by atoms with E-state index in [1.165, 1.54) is 17.2 Å². The van der Waals surface area contributed by atoms with Gasteiger partial charge in [0.25, 0.3) is 11.6 Å². The minimum Gasteiger partial charge on any atom is -0.456 e. The summed E-state index contributed by atoms with van der Waals surface area (Å²) in [6, 6.07) is 12.9. The molecule has 0 radical (unpaired) electrons. The highest BCUT2D eigenvalue weighted by Crippen LogP contribution is 2.37. The monoisotopic (exact) mass is 398 g/mol. The molecule has 1 saturated heterocycles. The molecule has 1 aromatic carbocycles. The van der Waals surface area contributed by atoms with Crippen molar-refractivity contribution in [2.45, 2.75) is 0 Å². The molecule has 0 unspecified atom stereocenters. The summed E-state index contributed by atoms with van der Waals surface area (Å²) in [6.07, 6.45) is 3.02. The molecular weight excluding hydrogens is 388 g/mol. The van der Waals surface area contributed by atoms with Crippen LogP contribution in [0.2, 0.25) is 0 Å². The average molecular weight is 398 g/mol. The topological polar surface area (TPSA) is 89.7 Å². The molecule has 2 aromatic heterocycles. The number of thioether (sulfide) groups is 1. The lowest BCUT2D eigenvalue weighted by Crippen LogP contribution is -2.26. The summed E-state index contributed by atoms with van der Waals surface area (Å²) in [5, 5.41) is 11.2. The van der Waals surface area contributed by atoms with Gasteiger partial charge >= 0.3 is 0 Å². The van der Waals surface area contributed by atoms with Gasteiger partial charge in [-0.3, -0.25) is 14.9 Å². The van der Waals surface area contributed by atoms with Crippen LogP contribution in [0, 0.1) is 10.1 Å². The molecule has 7 nitrogen and oxygen atoms in total. The van der Waals surface area contributed by atoms with Crippen molar-refractivity contribution < 1.29 is 18.6 Å². The summed E-state index contributed by atoms with van der Waals surface area (Å²) < 4.78 is 11.3. The predicted molar refractivity (Wildman–Crippen MR) is 105 cm³/mol. The summed E-state index contributed by atoms with van der Waals surface area (Å²) in [7, 11) is 0. The van der Waals surface area contributed by atoms with Gasteiger partial charge in [-0.05, 0) is 24.3 Å². The van der Waals surface area contributed by atoms with Crippen LogP contribution in [0.25, 0.3) is 17.4 Å². The number of nitro benzene ring substituents is 1. The average Bonchev–Trinajstić information content (AvgIpc) is 3.37. The number of carbonyl (C=O) groups is 1. The van der Waals surface area contributed by atoms with Crippen LogP contribution in [0.15, 0.2) is 68.5 Å². The van der Waals surface area contributed by atoms with E-state index in [0.717, 1.165) is 11.8 Å². The van der Waals surface area contributed by atoms with Crippen molar-refractivity contribution in [3.05, 3.63) is 75.6 Å². The van der Waals surface area contributed by atoms with Gasteiger partial charge in [0.2, 0.25) is 5.88 Å². The number of nitro groups is 1. The summed E-state index contributed by atoms with van der Waals surface area (Å²) in [6.45, 7) is 0. The van der Waals surface area contributed by atoms with Crippen LogP contribution in [-0.2, 0) is 4.79 Å². The summed E-state index contributed by atoms with van der Waals surface area (Å²) in [5.41, 5.74) is 0.313. The Bertz CT molecular complexity index is 1080. The molecule has 27 heavy (non-hydrogen) atoms. The summed E-state index contributed by atoms with van der Waals surface area (Å²) in [5.74, 6) is 0.766. The van der Waals surface area contributed by atoms with Crippen LogP contribution < -0.4 is 4.90 Å². The van der Waals surface area contributed by atoms with E-state index in [1.807, 2.05) is 0 Å². The molecule has 3 aromatic rings. The normalized spacial score (nSPS) is 15.7. The van der Waals surface area contributed by atoms with E-state index < -0.39 is 4.92 Å². The van der Waals surface area contributed by atoms with Crippen molar-refractivity contribution in [3.63, 3.8) is 0 Å². The zero-order valence-corrected chi connectivity index (χ0v) is 15.2. The van der Waals surface area contributed by atoms with Crippen LogP contribution in [0.3, 0.4) is 0 Å². The van der Waals surface area contributed by atoms with E-state index in [0.29, 0.717) is 32.2 Å². The number of benzene rings is 1. The zero-order chi connectivity index (χ0) is 19.0. The smallest absolute Gasteiger partial charge is 0.280 e. The molecule has 4 rings (SSSR count). The molecule has 0 bridgehead atoms. The number of hydrogen-bond donors (Lipinski definition) is 0. The maximum absolute atomic E-state index is 12.6. The number of amides is 1. The Morgan fingerprint density at radius 1 is 1.15 bits per heavy atom. The SMILES string of the molecule is O=C1/C(=C/c2ccc(-c3ccccc3[N+](=O)[O-])o2)SC(=S)N1c1ccco1. The number of carbonyl (C=O) groups excluding carboxylic acids is 1. The van der Waals surface area contributed by atoms with Crippen molar-refractivity contribution >= 4 is 51.9 Å². The van der Waals surface area contributed by atoms with Crippen molar-refractivity contribution in [3.8, 4) is 11.3 Å². The third-order valence-electron chi connectivity index (χ3n) is 3.79. The fraction of sp³-hybridized carbons (Fsp3) is 0. The first-order valence-electron chi connectivity index (χ1n) is 7.69. The first kappa shape index (κ1) is 17.3. The van der Waals surface area contributed by atoms with Gasteiger partial charge in [0.1, 0.15) is 11.5 Å². The van der Waals surface area contributed by atoms with Gasteiger partial charge in [0, 0.05) is 18.2 Å². The van der Waals surface area contributed by atoms with Crippen LogP contribution in [0.5, 0.6) is 0 Å². The van der Waals surface area contributed by atoms with E-state index in [-0.39, 0.29) is 11.6 Å². The standard InChI is InChI=1S/C18H10N2O5S2/c21-17-15(27-18(26)19(17)16-6-3-9-24-16)10-11-7-8-14(25-11)12-4-1-2-5-13(12)20(22)23/h1-10H/b15-10-. The highest BCUT2D eigenvalue weighted by atomic mass is 32.2. The number of thiocarbonyl (C=S) groups is 1. The van der Waals surface area contributed by atoms with Gasteiger partial charge in [-0.15, -0.1) is 0 Å². The third kappa shape index (κ3) is 3.18.